The summed E-state index contributed by atoms with van der Waals surface area (Å²) in [6.07, 6.45) is 1.40. The van der Waals surface area contributed by atoms with Crippen LogP contribution >= 0.6 is 22.6 Å². The Morgan fingerprint density at radius 3 is 2.92 bits per heavy atom. The van der Waals surface area contributed by atoms with Gasteiger partial charge < -0.3 is 5.73 Å². The number of hydrogen-bond donors (Lipinski definition) is 1. The summed E-state index contributed by atoms with van der Waals surface area (Å²) in [7, 11) is 0. The molecule has 1 aliphatic heterocycles. The van der Waals surface area contributed by atoms with Gasteiger partial charge in [-0.05, 0) is 27.6 Å². The van der Waals surface area contributed by atoms with Gasteiger partial charge in [0.15, 0.2) is 3.72 Å². The fraction of sp³-hybridized carbons (Fsp3) is 0. The molecular weight excluding hydrogens is 269 g/mol. The Hall–Kier alpha value is -1.05. The fourth-order valence-corrected chi connectivity index (χ4v) is 1.76. The van der Waals surface area contributed by atoms with Gasteiger partial charge in [0.25, 0.3) is 0 Å². The summed E-state index contributed by atoms with van der Waals surface area (Å²) in [5.41, 5.74) is 6.40. The molecule has 12 heavy (non-hydrogen) atoms. The lowest BCUT2D eigenvalue weighted by Crippen LogP contribution is -2.00. The smallest absolute Gasteiger partial charge is 0.363 e. The molecule has 0 fully saturated rings. The highest BCUT2D eigenvalue weighted by atomic mass is 127. The topological polar surface area (TPSA) is 67.2 Å². The van der Waals surface area contributed by atoms with E-state index in [1.54, 1.807) is 0 Å². The standard InChI is InChI=1S/C6H5IN5/c1-12-6-3(4(7)11-12)5(8)9-2-10-6/h2H,1H2,(H2,8,9,10)/q+1. The molecule has 6 heteroatoms. The van der Waals surface area contributed by atoms with Crippen LogP contribution in [-0.2, 0) is 0 Å². The number of halogens is 1. The minimum Gasteiger partial charge on any atom is -0.383 e. The van der Waals surface area contributed by atoms with E-state index in [0.29, 0.717) is 11.6 Å². The number of nitrogens with two attached hydrogens (primary N) is 1. The van der Waals surface area contributed by atoms with Crippen LogP contribution in [0.15, 0.2) is 11.4 Å². The predicted octanol–water partition coefficient (Wildman–Crippen LogP) is 0.514. The molecule has 2 heterocycles. The average Bonchev–Trinajstić information content (AvgIpc) is 2.29. The second-order valence-corrected chi connectivity index (χ2v) is 3.27. The summed E-state index contributed by atoms with van der Waals surface area (Å²) in [4.78, 5) is 7.87. The first-order valence-electron chi connectivity index (χ1n) is 3.15. The molecule has 0 amide bonds. The number of nitrogen functional groups attached to an aromatic ring is 1. The zero-order chi connectivity index (χ0) is 8.72. The van der Waals surface area contributed by atoms with Gasteiger partial charge in [-0.3, -0.25) is 0 Å². The summed E-state index contributed by atoms with van der Waals surface area (Å²) >= 11 is 2.07. The van der Waals surface area contributed by atoms with Crippen LogP contribution in [0.4, 0.5) is 11.6 Å². The van der Waals surface area contributed by atoms with Gasteiger partial charge in [-0.2, -0.15) is 4.98 Å². The zero-order valence-corrected chi connectivity index (χ0v) is 8.19. The maximum absolute atomic E-state index is 5.63. The molecule has 0 aromatic carbocycles. The molecular formula is C6H5IN5+. The van der Waals surface area contributed by atoms with Crippen LogP contribution in [0, 0.1) is 0 Å². The molecule has 60 valence electrons. The van der Waals surface area contributed by atoms with Crippen molar-refractivity contribution in [2.75, 3.05) is 5.73 Å². The third-order valence-corrected chi connectivity index (χ3v) is 2.27. The van der Waals surface area contributed by atoms with Crippen LogP contribution in [0.3, 0.4) is 0 Å². The minimum atomic E-state index is 0.444. The lowest BCUT2D eigenvalue weighted by molar-refractivity contribution is -0.435. The molecule has 2 rings (SSSR count). The highest BCUT2D eigenvalue weighted by molar-refractivity contribution is 14.1. The van der Waals surface area contributed by atoms with Gasteiger partial charge in [-0.1, -0.05) is 5.10 Å². The Morgan fingerprint density at radius 1 is 1.50 bits per heavy atom. The molecule has 0 aliphatic carbocycles. The molecule has 1 aromatic heterocycles. The maximum atomic E-state index is 5.63. The number of aromatic nitrogens is 2. The number of nitrogens with zero attached hydrogens (tertiary/aromatic N) is 4. The van der Waals surface area contributed by atoms with E-state index in [0.717, 1.165) is 9.28 Å². The Bertz CT molecular complexity index is 397. The first kappa shape index (κ1) is 7.59. The van der Waals surface area contributed by atoms with Gasteiger partial charge in [0, 0.05) is 0 Å². The van der Waals surface area contributed by atoms with Crippen molar-refractivity contribution in [3.8, 4) is 0 Å². The molecule has 0 saturated carbocycles. The fourth-order valence-electron chi connectivity index (χ4n) is 0.986. The van der Waals surface area contributed by atoms with Crippen LogP contribution in [0.2, 0.25) is 0 Å². The van der Waals surface area contributed by atoms with Crippen molar-refractivity contribution >= 4 is 44.7 Å². The second kappa shape index (κ2) is 2.47. The van der Waals surface area contributed by atoms with Crippen LogP contribution in [0.1, 0.15) is 5.56 Å². The van der Waals surface area contributed by atoms with Crippen molar-refractivity contribution in [1.29, 1.82) is 0 Å². The van der Waals surface area contributed by atoms with Crippen molar-refractivity contribution in [2.24, 2.45) is 5.10 Å². The van der Waals surface area contributed by atoms with Crippen LogP contribution in [0.25, 0.3) is 0 Å². The molecule has 0 unspecified atom stereocenters. The highest BCUT2D eigenvalue weighted by Crippen LogP contribution is 2.28. The lowest BCUT2D eigenvalue weighted by Gasteiger charge is -1.91. The largest absolute Gasteiger partial charge is 0.383 e. The highest BCUT2D eigenvalue weighted by Gasteiger charge is 2.29. The van der Waals surface area contributed by atoms with Gasteiger partial charge in [-0.15, -0.1) is 4.68 Å². The Kier molecular flexibility index (Phi) is 1.56. The lowest BCUT2D eigenvalue weighted by atomic mass is 10.3. The summed E-state index contributed by atoms with van der Waals surface area (Å²) in [6, 6.07) is 0. The second-order valence-electron chi connectivity index (χ2n) is 2.25. The van der Waals surface area contributed by atoms with Crippen molar-refractivity contribution in [3.63, 3.8) is 0 Å². The first-order valence-corrected chi connectivity index (χ1v) is 4.23. The number of hydrazone groups is 1. The van der Waals surface area contributed by atoms with E-state index in [1.165, 1.54) is 11.0 Å². The van der Waals surface area contributed by atoms with E-state index < -0.39 is 0 Å². The maximum Gasteiger partial charge on any atom is 0.363 e. The van der Waals surface area contributed by atoms with E-state index in [1.807, 2.05) is 0 Å². The Morgan fingerprint density at radius 2 is 2.25 bits per heavy atom. The molecule has 0 atom stereocenters. The molecule has 5 nitrogen and oxygen atoms in total. The van der Waals surface area contributed by atoms with Gasteiger partial charge in [0.1, 0.15) is 11.4 Å². The molecule has 1 aliphatic rings. The van der Waals surface area contributed by atoms with Crippen molar-refractivity contribution < 1.29 is 4.68 Å². The molecule has 0 bridgehead atoms. The van der Waals surface area contributed by atoms with Crippen LogP contribution < -0.4 is 5.73 Å². The van der Waals surface area contributed by atoms with Gasteiger partial charge in [0.2, 0.25) is 6.33 Å². The molecule has 0 spiro atoms. The first-order chi connectivity index (χ1) is 5.70. The Labute approximate surface area is 82.2 Å². The Balaban J connectivity index is 2.77. The molecule has 2 N–H and O–H groups in total. The summed E-state index contributed by atoms with van der Waals surface area (Å²) < 4.78 is 2.21. The van der Waals surface area contributed by atoms with E-state index in [2.05, 4.69) is 44.4 Å². The van der Waals surface area contributed by atoms with Gasteiger partial charge >= 0.3 is 5.82 Å². The number of anilines is 1. The summed E-state index contributed by atoms with van der Waals surface area (Å²) in [5, 5.41) is 4.06. The zero-order valence-electron chi connectivity index (χ0n) is 6.03. The minimum absolute atomic E-state index is 0.444. The van der Waals surface area contributed by atoms with Crippen molar-refractivity contribution in [1.82, 2.24) is 9.97 Å². The number of fused-ring (bicyclic) bond motifs is 1. The SMILES string of the molecule is C=[N+]1N=C(I)c2c(N)ncnc21. The average molecular weight is 274 g/mol. The van der Waals surface area contributed by atoms with E-state index >= 15 is 0 Å². The summed E-state index contributed by atoms with van der Waals surface area (Å²) in [5.74, 6) is 1.10. The third-order valence-electron chi connectivity index (χ3n) is 1.52. The summed E-state index contributed by atoms with van der Waals surface area (Å²) in [6.45, 7) is 3.67. The molecule has 0 radical (unpaired) electrons. The monoisotopic (exact) mass is 274 g/mol. The number of hydrogen-bond acceptors (Lipinski definition) is 4. The quantitative estimate of drug-likeness (QED) is 0.553. The third kappa shape index (κ3) is 0.909. The van der Waals surface area contributed by atoms with Crippen LogP contribution in [0.5, 0.6) is 0 Å². The van der Waals surface area contributed by atoms with E-state index in [4.69, 9.17) is 5.73 Å². The van der Waals surface area contributed by atoms with Crippen molar-refractivity contribution in [3.05, 3.63) is 11.9 Å². The van der Waals surface area contributed by atoms with Crippen molar-refractivity contribution in [2.45, 2.75) is 0 Å². The van der Waals surface area contributed by atoms with E-state index in [-0.39, 0.29) is 0 Å². The molecule has 1 aromatic rings. The number of rotatable bonds is 0. The predicted molar refractivity (Wildman–Crippen MR) is 54.0 cm³/mol. The normalized spacial score (nSPS) is 14.4. The van der Waals surface area contributed by atoms with Gasteiger partial charge in [0.05, 0.1) is 6.72 Å². The molecule has 0 saturated heterocycles. The van der Waals surface area contributed by atoms with Gasteiger partial charge in [-0.25, -0.2) is 0 Å². The van der Waals surface area contributed by atoms with Crippen LogP contribution in [-0.4, -0.2) is 25.1 Å². The van der Waals surface area contributed by atoms with E-state index in [9.17, 15) is 0 Å².